The molecule has 0 bridgehead atoms. The number of benzene rings is 2. The second-order valence-corrected chi connectivity index (χ2v) is 18.1. The van der Waals surface area contributed by atoms with Gasteiger partial charge in [0, 0.05) is 0 Å². The molecule has 8 heteroatoms. The molecular formula is C32H38O6Si2. The molecule has 40 heavy (non-hydrogen) atoms. The zero-order valence-electron chi connectivity index (χ0n) is 23.4. The molecule has 0 N–H and O–H groups in total. The second kappa shape index (κ2) is 14.4. The van der Waals surface area contributed by atoms with E-state index in [1.54, 1.807) is 24.3 Å². The van der Waals surface area contributed by atoms with Gasteiger partial charge in [0.15, 0.2) is 6.10 Å². The van der Waals surface area contributed by atoms with E-state index < -0.39 is 34.2 Å². The molecule has 1 saturated carbocycles. The van der Waals surface area contributed by atoms with Gasteiger partial charge in [0.2, 0.25) is 0 Å². The van der Waals surface area contributed by atoms with Gasteiger partial charge in [0.05, 0.1) is 11.1 Å². The van der Waals surface area contributed by atoms with Crippen LogP contribution in [0.4, 0.5) is 0 Å². The molecule has 0 aliphatic heterocycles. The summed E-state index contributed by atoms with van der Waals surface area (Å²) >= 11 is 0. The van der Waals surface area contributed by atoms with Crippen LogP contribution in [0, 0.1) is 12.5 Å². The Labute approximate surface area is 239 Å². The van der Waals surface area contributed by atoms with Crippen LogP contribution in [-0.4, -0.2) is 34.2 Å². The fraction of sp³-hybridized carbons (Fsp3) is 0.250. The minimum Gasteiger partial charge on any atom is -0.292 e. The predicted octanol–water partition coefficient (Wildman–Crippen LogP) is 6.10. The molecule has 2 radical (unpaired) electrons. The summed E-state index contributed by atoms with van der Waals surface area (Å²) in [5.74, 6) is -1.26. The van der Waals surface area contributed by atoms with Crippen LogP contribution >= 0.6 is 0 Å². The highest BCUT2D eigenvalue weighted by Crippen LogP contribution is 2.30. The van der Waals surface area contributed by atoms with Crippen molar-refractivity contribution in [3.63, 3.8) is 0 Å². The van der Waals surface area contributed by atoms with Crippen molar-refractivity contribution in [3.8, 4) is 0 Å². The van der Waals surface area contributed by atoms with Gasteiger partial charge in [-0.25, -0.2) is 9.59 Å². The van der Waals surface area contributed by atoms with Crippen molar-refractivity contribution < 1.29 is 29.1 Å². The number of carbonyl (C=O) groups is 2. The van der Waals surface area contributed by atoms with Crippen LogP contribution in [0.15, 0.2) is 97.6 Å². The first-order chi connectivity index (χ1) is 19.3. The third-order valence-corrected chi connectivity index (χ3v) is 15.8. The molecule has 1 aliphatic rings. The van der Waals surface area contributed by atoms with Gasteiger partial charge in [0.1, 0.15) is 22.3 Å². The summed E-state index contributed by atoms with van der Waals surface area (Å²) < 4.78 is 0. The molecule has 6 nitrogen and oxygen atoms in total. The quantitative estimate of drug-likeness (QED) is 0.154. The molecule has 210 valence electrons. The third kappa shape index (κ3) is 6.87. The number of hydrogen-bond donors (Lipinski definition) is 0. The van der Waals surface area contributed by atoms with E-state index in [0.29, 0.717) is 23.7 Å². The fourth-order valence-electron chi connectivity index (χ4n) is 4.74. The van der Waals surface area contributed by atoms with Crippen molar-refractivity contribution in [1.29, 1.82) is 0 Å². The van der Waals surface area contributed by atoms with Crippen molar-refractivity contribution in [2.24, 2.45) is 0 Å². The molecule has 2 aromatic carbocycles. The second-order valence-electron chi connectivity index (χ2n) is 9.70. The Morgan fingerprint density at radius 2 is 1.23 bits per heavy atom. The lowest BCUT2D eigenvalue weighted by atomic mass is 9.95. The van der Waals surface area contributed by atoms with Gasteiger partial charge in [-0.05, 0) is 62.0 Å². The molecule has 1 atom stereocenters. The maximum Gasteiger partial charge on any atom is 0.373 e. The monoisotopic (exact) mass is 574 g/mol. The van der Waals surface area contributed by atoms with Crippen LogP contribution in [-0.2, 0) is 19.6 Å². The summed E-state index contributed by atoms with van der Waals surface area (Å²) in [5, 5.41) is 2.23. The first-order valence-corrected chi connectivity index (χ1v) is 18.2. The van der Waals surface area contributed by atoms with Crippen LogP contribution in [0.1, 0.15) is 53.8 Å². The van der Waals surface area contributed by atoms with Crippen LogP contribution in [0.5, 0.6) is 0 Å². The molecule has 0 heterocycles. The van der Waals surface area contributed by atoms with Crippen molar-refractivity contribution in [2.45, 2.75) is 51.3 Å². The van der Waals surface area contributed by atoms with Crippen LogP contribution in [0.25, 0.3) is 0 Å². The van der Waals surface area contributed by atoms with E-state index in [2.05, 4.69) is 40.2 Å². The van der Waals surface area contributed by atoms with Gasteiger partial charge < -0.3 is 0 Å². The molecule has 0 amide bonds. The zero-order chi connectivity index (χ0) is 29.2. The molecule has 0 saturated heterocycles. The summed E-state index contributed by atoms with van der Waals surface area (Å²) in [6, 6.07) is 16.4. The fourth-order valence-corrected chi connectivity index (χ4v) is 9.56. The molecule has 0 aromatic heterocycles. The minimum atomic E-state index is -1.99. The summed E-state index contributed by atoms with van der Waals surface area (Å²) in [6.45, 7) is 20.2. The summed E-state index contributed by atoms with van der Waals surface area (Å²) in [6.07, 6.45) is 3.43. The normalized spacial score (nSPS) is 16.0. The third-order valence-electron chi connectivity index (χ3n) is 7.72. The number of hydrogen-bond acceptors (Lipinski definition) is 6. The summed E-state index contributed by atoms with van der Waals surface area (Å²) in [4.78, 5) is 46.3. The van der Waals surface area contributed by atoms with Crippen LogP contribution in [0.3, 0.4) is 0 Å². The van der Waals surface area contributed by atoms with E-state index >= 15 is 0 Å². The summed E-state index contributed by atoms with van der Waals surface area (Å²) in [7, 11) is -3.99. The van der Waals surface area contributed by atoms with E-state index in [4.69, 9.17) is 19.6 Å². The van der Waals surface area contributed by atoms with Gasteiger partial charge in [-0.2, -0.15) is 9.78 Å². The van der Waals surface area contributed by atoms with Crippen molar-refractivity contribution >= 4 is 38.5 Å². The van der Waals surface area contributed by atoms with E-state index in [1.807, 2.05) is 53.5 Å². The average molecular weight is 575 g/mol. The Morgan fingerprint density at radius 3 is 1.65 bits per heavy atom. The standard InChI is InChI=1S/C32H38O6Si2/c1-7-39(8-2,9-3)27-21-17-25(18-22-27)31(33)37-35-29-15-13-14-16-30(29)36-38-32(34)26-19-23-28(24-20-26)40(10-4,11-5)12-6/h7-8,10-11,15,17-24,29H,1-2,4-5,9,12-14,16H2,3,6H3. The number of rotatable bonds is 14. The highest BCUT2D eigenvalue weighted by atomic mass is 28.3. The van der Waals surface area contributed by atoms with Gasteiger partial charge in [-0.3, -0.25) is 9.78 Å². The molecule has 1 aliphatic carbocycles. The maximum atomic E-state index is 12.6. The van der Waals surface area contributed by atoms with Crippen LogP contribution in [0.2, 0.25) is 12.1 Å². The highest BCUT2D eigenvalue weighted by molar-refractivity contribution is 7.00. The highest BCUT2D eigenvalue weighted by Gasteiger charge is 2.33. The first-order valence-electron chi connectivity index (χ1n) is 13.5. The first kappa shape index (κ1) is 31.2. The van der Waals surface area contributed by atoms with E-state index in [1.165, 1.54) is 0 Å². The van der Waals surface area contributed by atoms with Gasteiger partial charge in [0.25, 0.3) is 0 Å². The zero-order valence-corrected chi connectivity index (χ0v) is 25.4. The van der Waals surface area contributed by atoms with E-state index in [0.717, 1.165) is 35.3 Å². The Balaban J connectivity index is 1.57. The van der Waals surface area contributed by atoms with Crippen molar-refractivity contribution in [2.75, 3.05) is 0 Å². The molecule has 3 rings (SSSR count). The van der Waals surface area contributed by atoms with E-state index in [9.17, 15) is 9.59 Å². The Morgan fingerprint density at radius 1 is 0.775 bits per heavy atom. The smallest absolute Gasteiger partial charge is 0.292 e. The number of carbonyl (C=O) groups excluding carboxylic acids is 2. The van der Waals surface area contributed by atoms with Crippen molar-refractivity contribution in [3.05, 3.63) is 121 Å². The molecule has 1 fully saturated rings. The lowest BCUT2D eigenvalue weighted by Gasteiger charge is -2.26. The predicted molar refractivity (Wildman–Crippen MR) is 164 cm³/mol. The van der Waals surface area contributed by atoms with E-state index in [-0.39, 0.29) is 0 Å². The minimum absolute atomic E-state index is 0.353. The lowest BCUT2D eigenvalue weighted by molar-refractivity contribution is -0.311. The SMILES string of the molecule is C=C[Si](C=C)(CC)c1ccc(C(=O)OO[C]2CCC[CH]C2OOC(=O)c2ccc([Si](C=C)(C=C)CC)cc2)cc1. The largest absolute Gasteiger partial charge is 0.373 e. The average Bonchev–Trinajstić information content (AvgIpc) is 3.02. The Hall–Kier alpha value is -3.31. The molecule has 0 spiro atoms. The Kier molecular flexibility index (Phi) is 11.2. The lowest BCUT2D eigenvalue weighted by Crippen LogP contribution is -2.43. The Bertz CT molecular complexity index is 1090. The van der Waals surface area contributed by atoms with Crippen LogP contribution < -0.4 is 10.4 Å². The van der Waals surface area contributed by atoms with Gasteiger partial charge in [-0.1, -0.05) is 71.3 Å². The summed E-state index contributed by atoms with van der Waals surface area (Å²) in [5.41, 5.74) is 8.65. The molecular weight excluding hydrogens is 537 g/mol. The molecule has 1 unspecified atom stereocenters. The van der Waals surface area contributed by atoms with Gasteiger partial charge in [-0.15, -0.1) is 26.3 Å². The maximum absolute atomic E-state index is 12.6. The molecule has 2 aromatic rings. The van der Waals surface area contributed by atoms with Crippen molar-refractivity contribution in [1.82, 2.24) is 0 Å². The topological polar surface area (TPSA) is 71.1 Å². The van der Waals surface area contributed by atoms with Gasteiger partial charge >= 0.3 is 11.9 Å².